The van der Waals surface area contributed by atoms with E-state index in [4.69, 9.17) is 32.5 Å². The van der Waals surface area contributed by atoms with E-state index in [2.05, 4.69) is 27.4 Å². The minimum atomic E-state index is 0.396. The standard InChI is InChI=1S/C24H22Cl2N4O2/c1-3-10-27-23-21(26)12-16(13-28-23)22-29-24(32-30-22)15-8-9-18(17(11-15)14-31-2)19-6-4-5-7-20(19)25/h4-9,11-13H,3,10,14H2,1-2H3,(H,27,28). The third kappa shape index (κ3) is 4.78. The van der Waals surface area contributed by atoms with Gasteiger partial charge in [0.2, 0.25) is 5.82 Å². The van der Waals surface area contributed by atoms with Gasteiger partial charge in [-0.15, -0.1) is 0 Å². The summed E-state index contributed by atoms with van der Waals surface area (Å²) < 4.78 is 10.9. The van der Waals surface area contributed by atoms with Gasteiger partial charge < -0.3 is 14.6 Å². The predicted molar refractivity (Wildman–Crippen MR) is 128 cm³/mol. The summed E-state index contributed by atoms with van der Waals surface area (Å²) in [6.07, 6.45) is 2.66. The molecule has 0 bridgehead atoms. The molecule has 0 saturated carbocycles. The minimum Gasteiger partial charge on any atom is -0.380 e. The number of rotatable bonds is 8. The van der Waals surface area contributed by atoms with Crippen LogP contribution in [-0.4, -0.2) is 28.8 Å². The van der Waals surface area contributed by atoms with Crippen LogP contribution in [0.25, 0.3) is 34.0 Å². The maximum atomic E-state index is 6.41. The summed E-state index contributed by atoms with van der Waals surface area (Å²) in [5.41, 5.74) is 4.36. The molecule has 0 aliphatic heterocycles. The predicted octanol–water partition coefficient (Wildman–Crippen LogP) is 6.74. The van der Waals surface area contributed by atoms with Gasteiger partial charge in [0.15, 0.2) is 0 Å². The van der Waals surface area contributed by atoms with Crippen LogP contribution in [-0.2, 0) is 11.3 Å². The summed E-state index contributed by atoms with van der Waals surface area (Å²) in [5.74, 6) is 1.45. The lowest BCUT2D eigenvalue weighted by atomic mass is 9.97. The first-order chi connectivity index (χ1) is 15.6. The van der Waals surface area contributed by atoms with Crippen molar-refractivity contribution in [3.63, 3.8) is 0 Å². The Morgan fingerprint density at radius 2 is 1.84 bits per heavy atom. The van der Waals surface area contributed by atoms with E-state index in [1.807, 2.05) is 42.5 Å². The molecular formula is C24H22Cl2N4O2. The van der Waals surface area contributed by atoms with Crippen molar-refractivity contribution in [3.8, 4) is 34.0 Å². The SMILES string of the molecule is CCCNc1ncc(-c2noc(-c3ccc(-c4ccccc4Cl)c(COC)c3)n2)cc1Cl. The van der Waals surface area contributed by atoms with Gasteiger partial charge >= 0.3 is 0 Å². The van der Waals surface area contributed by atoms with Gasteiger partial charge in [-0.05, 0) is 41.8 Å². The third-order valence-electron chi connectivity index (χ3n) is 4.88. The second-order valence-electron chi connectivity index (χ2n) is 7.19. The zero-order chi connectivity index (χ0) is 22.5. The van der Waals surface area contributed by atoms with Crippen LogP contribution in [0.15, 0.2) is 59.3 Å². The van der Waals surface area contributed by atoms with Crippen molar-refractivity contribution in [3.05, 3.63) is 70.3 Å². The molecular weight excluding hydrogens is 447 g/mol. The van der Waals surface area contributed by atoms with Gasteiger partial charge in [0.05, 0.1) is 11.6 Å². The lowest BCUT2D eigenvalue weighted by Crippen LogP contribution is -2.02. The van der Waals surface area contributed by atoms with Crippen LogP contribution in [0.3, 0.4) is 0 Å². The molecule has 6 nitrogen and oxygen atoms in total. The van der Waals surface area contributed by atoms with E-state index in [0.717, 1.165) is 35.2 Å². The fourth-order valence-corrected chi connectivity index (χ4v) is 3.81. The molecule has 8 heteroatoms. The van der Waals surface area contributed by atoms with Gasteiger partial charge in [0.25, 0.3) is 5.89 Å². The van der Waals surface area contributed by atoms with Crippen molar-refractivity contribution in [2.45, 2.75) is 20.0 Å². The van der Waals surface area contributed by atoms with Gasteiger partial charge in [0, 0.05) is 41.6 Å². The molecule has 0 aliphatic rings. The molecule has 4 rings (SSSR count). The second kappa shape index (κ2) is 10.1. The molecule has 0 atom stereocenters. The molecule has 164 valence electrons. The average molecular weight is 469 g/mol. The van der Waals surface area contributed by atoms with Gasteiger partial charge in [-0.3, -0.25) is 0 Å². The van der Waals surface area contributed by atoms with Crippen LogP contribution in [0.2, 0.25) is 10.0 Å². The van der Waals surface area contributed by atoms with Crippen LogP contribution in [0, 0.1) is 0 Å². The maximum Gasteiger partial charge on any atom is 0.258 e. The zero-order valence-electron chi connectivity index (χ0n) is 17.7. The first-order valence-corrected chi connectivity index (χ1v) is 11.0. The summed E-state index contributed by atoms with van der Waals surface area (Å²) in [5, 5.41) is 8.48. The minimum absolute atomic E-state index is 0.396. The highest BCUT2D eigenvalue weighted by Gasteiger charge is 2.16. The number of halogens is 2. The van der Waals surface area contributed by atoms with Crippen LogP contribution in [0.5, 0.6) is 0 Å². The van der Waals surface area contributed by atoms with Gasteiger partial charge in [-0.25, -0.2) is 4.98 Å². The van der Waals surface area contributed by atoms with Crippen LogP contribution in [0.1, 0.15) is 18.9 Å². The van der Waals surface area contributed by atoms with Gasteiger partial charge in [0.1, 0.15) is 5.82 Å². The molecule has 2 aromatic heterocycles. The van der Waals surface area contributed by atoms with Gasteiger partial charge in [-0.1, -0.05) is 59.5 Å². The molecule has 0 amide bonds. The van der Waals surface area contributed by atoms with E-state index < -0.39 is 0 Å². The van der Waals surface area contributed by atoms with Crippen molar-refractivity contribution in [2.24, 2.45) is 0 Å². The summed E-state index contributed by atoms with van der Waals surface area (Å²) in [7, 11) is 1.66. The van der Waals surface area contributed by atoms with Gasteiger partial charge in [-0.2, -0.15) is 4.98 Å². The Bertz CT molecular complexity index is 1230. The fraction of sp³-hybridized carbons (Fsp3) is 0.208. The second-order valence-corrected chi connectivity index (χ2v) is 8.00. The Morgan fingerprint density at radius 1 is 1.00 bits per heavy atom. The Morgan fingerprint density at radius 3 is 2.59 bits per heavy atom. The molecule has 0 fully saturated rings. The number of hydrogen-bond donors (Lipinski definition) is 1. The number of anilines is 1. The molecule has 0 spiro atoms. The van der Waals surface area contributed by atoms with Crippen molar-refractivity contribution < 1.29 is 9.26 Å². The zero-order valence-corrected chi connectivity index (χ0v) is 19.2. The van der Waals surface area contributed by atoms with E-state index in [1.165, 1.54) is 0 Å². The number of ether oxygens (including phenoxy) is 1. The summed E-state index contributed by atoms with van der Waals surface area (Å²) >= 11 is 12.8. The molecule has 0 radical (unpaired) electrons. The maximum absolute atomic E-state index is 6.41. The molecule has 4 aromatic rings. The topological polar surface area (TPSA) is 73.1 Å². The monoisotopic (exact) mass is 468 g/mol. The molecule has 0 unspecified atom stereocenters. The largest absolute Gasteiger partial charge is 0.380 e. The Labute approximate surface area is 196 Å². The van der Waals surface area contributed by atoms with E-state index >= 15 is 0 Å². The lowest BCUT2D eigenvalue weighted by Gasteiger charge is -2.11. The van der Waals surface area contributed by atoms with Crippen molar-refractivity contribution >= 4 is 29.0 Å². The van der Waals surface area contributed by atoms with E-state index in [-0.39, 0.29) is 0 Å². The number of methoxy groups -OCH3 is 1. The average Bonchev–Trinajstić information content (AvgIpc) is 3.29. The van der Waals surface area contributed by atoms with E-state index in [1.54, 1.807) is 19.4 Å². The number of benzene rings is 2. The number of nitrogens with zero attached hydrogens (tertiary/aromatic N) is 3. The number of pyridine rings is 1. The van der Waals surface area contributed by atoms with E-state index in [0.29, 0.717) is 39.7 Å². The smallest absolute Gasteiger partial charge is 0.258 e. The molecule has 2 aromatic carbocycles. The van der Waals surface area contributed by atoms with Crippen LogP contribution >= 0.6 is 23.2 Å². The number of aromatic nitrogens is 3. The Kier molecular flexibility index (Phi) is 7.05. The third-order valence-corrected chi connectivity index (χ3v) is 5.50. The highest BCUT2D eigenvalue weighted by Crippen LogP contribution is 2.34. The van der Waals surface area contributed by atoms with Crippen molar-refractivity contribution in [1.29, 1.82) is 0 Å². The lowest BCUT2D eigenvalue weighted by molar-refractivity contribution is 0.185. The summed E-state index contributed by atoms with van der Waals surface area (Å²) in [4.78, 5) is 8.91. The summed E-state index contributed by atoms with van der Waals surface area (Å²) in [6, 6.07) is 15.4. The molecule has 0 aliphatic carbocycles. The fourth-order valence-electron chi connectivity index (χ4n) is 3.34. The van der Waals surface area contributed by atoms with Crippen molar-refractivity contribution in [2.75, 3.05) is 19.0 Å². The van der Waals surface area contributed by atoms with Crippen LogP contribution in [0.4, 0.5) is 5.82 Å². The van der Waals surface area contributed by atoms with Crippen molar-refractivity contribution in [1.82, 2.24) is 15.1 Å². The van der Waals surface area contributed by atoms with Crippen LogP contribution < -0.4 is 5.32 Å². The molecule has 0 saturated heterocycles. The molecule has 32 heavy (non-hydrogen) atoms. The quantitative estimate of drug-likeness (QED) is 0.308. The Balaban J connectivity index is 1.65. The highest BCUT2D eigenvalue weighted by atomic mass is 35.5. The number of nitrogens with one attached hydrogen (secondary N) is 1. The highest BCUT2D eigenvalue weighted by molar-refractivity contribution is 6.33. The number of hydrogen-bond acceptors (Lipinski definition) is 6. The Hall–Kier alpha value is -2.93. The molecule has 2 heterocycles. The normalized spacial score (nSPS) is 11.0. The summed E-state index contributed by atoms with van der Waals surface area (Å²) in [6.45, 7) is 3.29. The first kappa shape index (κ1) is 22.3. The first-order valence-electron chi connectivity index (χ1n) is 10.2. The van der Waals surface area contributed by atoms with E-state index in [9.17, 15) is 0 Å². The molecule has 1 N–H and O–H groups in total.